The standard InChI is InChI=1S/C16H22ClNO4S/c1-11-5-4-6-12(9-11)22-16(19)14-10-13(7-8-15(14)17)23(20,21)18(2)3/h7-8,10-12H,4-6,9H2,1-3H3. The predicted octanol–water partition coefficient (Wildman–Crippen LogP) is 3.33. The van der Waals surface area contributed by atoms with Crippen molar-refractivity contribution in [3.63, 3.8) is 0 Å². The van der Waals surface area contributed by atoms with E-state index in [4.69, 9.17) is 16.3 Å². The maximum absolute atomic E-state index is 12.4. The van der Waals surface area contributed by atoms with Crippen molar-refractivity contribution in [2.75, 3.05) is 14.1 Å². The first-order chi connectivity index (χ1) is 10.7. The van der Waals surface area contributed by atoms with Gasteiger partial charge in [0.05, 0.1) is 15.5 Å². The molecule has 0 aliphatic heterocycles. The highest BCUT2D eigenvalue weighted by molar-refractivity contribution is 7.89. The number of ether oxygens (including phenoxy) is 1. The van der Waals surface area contributed by atoms with Gasteiger partial charge in [-0.15, -0.1) is 0 Å². The quantitative estimate of drug-likeness (QED) is 0.773. The van der Waals surface area contributed by atoms with Crippen LogP contribution >= 0.6 is 11.6 Å². The normalized spacial score (nSPS) is 22.1. The zero-order valence-corrected chi connectivity index (χ0v) is 15.2. The maximum atomic E-state index is 12.4. The third-order valence-corrected chi connectivity index (χ3v) is 6.24. The van der Waals surface area contributed by atoms with Crippen molar-refractivity contribution in [1.82, 2.24) is 4.31 Å². The molecule has 128 valence electrons. The average Bonchev–Trinajstić information content (AvgIpc) is 2.47. The van der Waals surface area contributed by atoms with Gasteiger partial charge in [-0.25, -0.2) is 17.5 Å². The summed E-state index contributed by atoms with van der Waals surface area (Å²) < 4.78 is 31.0. The Morgan fingerprint density at radius 2 is 2.00 bits per heavy atom. The summed E-state index contributed by atoms with van der Waals surface area (Å²) >= 11 is 6.06. The van der Waals surface area contributed by atoms with Crippen molar-refractivity contribution in [3.8, 4) is 0 Å². The number of carbonyl (C=O) groups excluding carboxylic acids is 1. The van der Waals surface area contributed by atoms with Crippen LogP contribution in [0.5, 0.6) is 0 Å². The summed E-state index contributed by atoms with van der Waals surface area (Å²) in [6, 6.07) is 4.08. The SMILES string of the molecule is CC1CCCC(OC(=O)c2cc(S(=O)(=O)N(C)C)ccc2Cl)C1. The molecule has 0 spiro atoms. The molecule has 1 aliphatic rings. The minimum Gasteiger partial charge on any atom is -0.459 e. The van der Waals surface area contributed by atoms with Crippen LogP contribution < -0.4 is 0 Å². The van der Waals surface area contributed by atoms with Gasteiger partial charge in [-0.2, -0.15) is 0 Å². The minimum absolute atomic E-state index is 0.0239. The van der Waals surface area contributed by atoms with Crippen molar-refractivity contribution < 1.29 is 17.9 Å². The predicted molar refractivity (Wildman–Crippen MR) is 89.2 cm³/mol. The largest absolute Gasteiger partial charge is 0.459 e. The van der Waals surface area contributed by atoms with E-state index in [1.165, 1.54) is 32.3 Å². The molecule has 1 aliphatic carbocycles. The van der Waals surface area contributed by atoms with Crippen molar-refractivity contribution in [3.05, 3.63) is 28.8 Å². The first kappa shape index (κ1) is 18.2. The molecule has 1 aromatic carbocycles. The molecule has 0 amide bonds. The molecule has 7 heteroatoms. The van der Waals surface area contributed by atoms with Crippen molar-refractivity contribution in [2.24, 2.45) is 5.92 Å². The Morgan fingerprint density at radius 1 is 1.30 bits per heavy atom. The second kappa shape index (κ2) is 7.20. The number of esters is 1. The monoisotopic (exact) mass is 359 g/mol. The summed E-state index contributed by atoms with van der Waals surface area (Å²) in [6.07, 6.45) is 3.71. The molecule has 5 nitrogen and oxygen atoms in total. The zero-order valence-electron chi connectivity index (χ0n) is 13.6. The molecule has 1 fully saturated rings. The Morgan fingerprint density at radius 3 is 2.61 bits per heavy atom. The molecule has 0 heterocycles. The first-order valence-corrected chi connectivity index (χ1v) is 9.46. The summed E-state index contributed by atoms with van der Waals surface area (Å²) in [5.41, 5.74) is 0.0906. The number of benzene rings is 1. The Balaban J connectivity index is 2.23. The molecule has 0 radical (unpaired) electrons. The van der Waals surface area contributed by atoms with Crippen LogP contribution in [0.3, 0.4) is 0 Å². The van der Waals surface area contributed by atoms with Crippen molar-refractivity contribution in [1.29, 1.82) is 0 Å². The Hall–Kier alpha value is -1.11. The van der Waals surface area contributed by atoms with E-state index in [0.29, 0.717) is 5.92 Å². The molecule has 2 atom stereocenters. The second-order valence-electron chi connectivity index (χ2n) is 6.23. The van der Waals surface area contributed by atoms with Crippen molar-refractivity contribution >= 4 is 27.6 Å². The van der Waals surface area contributed by atoms with Gasteiger partial charge in [-0.05, 0) is 43.4 Å². The van der Waals surface area contributed by atoms with E-state index < -0.39 is 16.0 Å². The van der Waals surface area contributed by atoms with E-state index in [1.54, 1.807) is 0 Å². The Kier molecular flexibility index (Phi) is 5.70. The molecule has 23 heavy (non-hydrogen) atoms. The highest BCUT2D eigenvalue weighted by Crippen LogP contribution is 2.28. The molecule has 1 aromatic rings. The summed E-state index contributed by atoms with van der Waals surface area (Å²) in [5, 5.41) is 0.191. The van der Waals surface area contributed by atoms with Gasteiger partial charge in [0.2, 0.25) is 10.0 Å². The molecule has 0 saturated heterocycles. The molecule has 0 N–H and O–H groups in total. The third-order valence-electron chi connectivity index (χ3n) is 4.10. The van der Waals surface area contributed by atoms with E-state index in [2.05, 4.69) is 6.92 Å². The van der Waals surface area contributed by atoms with Crippen LogP contribution in [0.4, 0.5) is 0 Å². The summed E-state index contributed by atoms with van der Waals surface area (Å²) in [7, 11) is -0.753. The van der Waals surface area contributed by atoms with Gasteiger partial charge in [0.15, 0.2) is 0 Å². The molecular weight excluding hydrogens is 338 g/mol. The van der Waals surface area contributed by atoms with Crippen LogP contribution in [0.1, 0.15) is 43.0 Å². The van der Waals surface area contributed by atoms with Crippen LogP contribution in [0.15, 0.2) is 23.1 Å². The number of hydrogen-bond donors (Lipinski definition) is 0. The minimum atomic E-state index is -3.62. The number of halogens is 1. The lowest BCUT2D eigenvalue weighted by Crippen LogP contribution is -2.25. The maximum Gasteiger partial charge on any atom is 0.339 e. The zero-order chi connectivity index (χ0) is 17.2. The molecule has 0 aromatic heterocycles. The van der Waals surface area contributed by atoms with Crippen LogP contribution in [-0.2, 0) is 14.8 Å². The van der Waals surface area contributed by atoms with Gasteiger partial charge < -0.3 is 4.74 Å². The highest BCUT2D eigenvalue weighted by Gasteiger charge is 2.25. The second-order valence-corrected chi connectivity index (χ2v) is 8.79. The van der Waals surface area contributed by atoms with Gasteiger partial charge in [-0.3, -0.25) is 0 Å². The number of sulfonamides is 1. The van der Waals surface area contributed by atoms with E-state index in [0.717, 1.165) is 30.0 Å². The van der Waals surface area contributed by atoms with E-state index >= 15 is 0 Å². The van der Waals surface area contributed by atoms with Gasteiger partial charge in [0.1, 0.15) is 6.10 Å². The van der Waals surface area contributed by atoms with Crippen LogP contribution in [-0.4, -0.2) is 38.9 Å². The number of carbonyl (C=O) groups is 1. The fraction of sp³-hybridized carbons (Fsp3) is 0.562. The summed E-state index contributed by atoms with van der Waals surface area (Å²) in [6.45, 7) is 2.14. The van der Waals surface area contributed by atoms with Gasteiger partial charge in [0.25, 0.3) is 0 Å². The molecule has 2 rings (SSSR count). The fourth-order valence-electron chi connectivity index (χ4n) is 2.73. The van der Waals surface area contributed by atoms with Gasteiger partial charge in [0, 0.05) is 14.1 Å². The lowest BCUT2D eigenvalue weighted by molar-refractivity contribution is 0.0155. The van der Waals surface area contributed by atoms with Gasteiger partial charge >= 0.3 is 5.97 Å². The van der Waals surface area contributed by atoms with E-state index in [-0.39, 0.29) is 21.6 Å². The van der Waals surface area contributed by atoms with E-state index in [9.17, 15) is 13.2 Å². The summed E-state index contributed by atoms with van der Waals surface area (Å²) in [4.78, 5) is 12.4. The van der Waals surface area contributed by atoms with Crippen LogP contribution in [0.2, 0.25) is 5.02 Å². The Labute approximate surface area is 142 Å². The lowest BCUT2D eigenvalue weighted by Gasteiger charge is -2.26. The molecule has 0 bridgehead atoms. The molecule has 1 saturated carbocycles. The first-order valence-electron chi connectivity index (χ1n) is 7.65. The molecule has 2 unspecified atom stereocenters. The van der Waals surface area contributed by atoms with Gasteiger partial charge in [-0.1, -0.05) is 24.9 Å². The number of nitrogens with zero attached hydrogens (tertiary/aromatic N) is 1. The fourth-order valence-corrected chi connectivity index (χ4v) is 3.86. The lowest BCUT2D eigenvalue weighted by atomic mass is 9.89. The third kappa shape index (κ3) is 4.25. The summed E-state index contributed by atoms with van der Waals surface area (Å²) in [5.74, 6) is -0.0395. The number of hydrogen-bond acceptors (Lipinski definition) is 4. The topological polar surface area (TPSA) is 63.7 Å². The van der Waals surface area contributed by atoms with Crippen molar-refractivity contribution in [2.45, 2.75) is 43.6 Å². The number of rotatable bonds is 4. The van der Waals surface area contributed by atoms with Crippen LogP contribution in [0, 0.1) is 5.92 Å². The smallest absolute Gasteiger partial charge is 0.339 e. The van der Waals surface area contributed by atoms with E-state index in [1.807, 2.05) is 0 Å². The Bertz CT molecular complexity index is 687. The molecular formula is C16H22ClNO4S. The van der Waals surface area contributed by atoms with Crippen LogP contribution in [0.25, 0.3) is 0 Å². The highest BCUT2D eigenvalue weighted by atomic mass is 35.5. The average molecular weight is 360 g/mol.